The number of amides is 2. The molecule has 44 heavy (non-hydrogen) atoms. The molecule has 0 saturated carbocycles. The lowest BCUT2D eigenvalue weighted by atomic mass is 10.0. The highest BCUT2D eigenvalue weighted by atomic mass is 35.5. The van der Waals surface area contributed by atoms with E-state index in [9.17, 15) is 18.0 Å². The van der Waals surface area contributed by atoms with Gasteiger partial charge in [0.05, 0.1) is 20.6 Å². The smallest absolute Gasteiger partial charge is 0.264 e. The van der Waals surface area contributed by atoms with Gasteiger partial charge < -0.3 is 10.2 Å². The minimum Gasteiger partial charge on any atom is -0.354 e. The molecule has 0 bridgehead atoms. The first-order valence-electron chi connectivity index (χ1n) is 14.0. The van der Waals surface area contributed by atoms with E-state index in [0.717, 1.165) is 15.9 Å². The minimum absolute atomic E-state index is 0.0940. The summed E-state index contributed by atoms with van der Waals surface area (Å²) in [6.07, 6.45) is 0.815. The number of para-hydroxylation sites is 1. The molecule has 0 radical (unpaired) electrons. The average Bonchev–Trinajstić information content (AvgIpc) is 3.03. The number of nitrogens with zero attached hydrogens (tertiary/aromatic N) is 2. The molecule has 4 aromatic rings. The maximum absolute atomic E-state index is 15.2. The topological polar surface area (TPSA) is 86.8 Å². The summed E-state index contributed by atoms with van der Waals surface area (Å²) in [4.78, 5) is 29.2. The molecule has 0 fully saturated rings. The molecule has 0 saturated heterocycles. The van der Waals surface area contributed by atoms with Crippen LogP contribution in [0.1, 0.15) is 24.5 Å². The average molecular weight is 657 g/mol. The first kappa shape index (κ1) is 33.0. The SMILES string of the molecule is CCCNC(=O)[C@H](Cc1ccccc1)N(Cc1ccc(Cl)c(Cl)c1)C(=O)CN(c1ccccc1F)S(=O)(=O)c1ccccc1. The summed E-state index contributed by atoms with van der Waals surface area (Å²) in [5.74, 6) is -1.95. The number of rotatable bonds is 13. The molecule has 2 amide bonds. The van der Waals surface area contributed by atoms with E-state index >= 15 is 4.39 Å². The lowest BCUT2D eigenvalue weighted by Gasteiger charge is -2.34. The van der Waals surface area contributed by atoms with Gasteiger partial charge in [0, 0.05) is 19.5 Å². The van der Waals surface area contributed by atoms with E-state index in [1.807, 2.05) is 37.3 Å². The molecule has 1 atom stereocenters. The van der Waals surface area contributed by atoms with E-state index in [1.165, 1.54) is 35.2 Å². The fourth-order valence-electron chi connectivity index (χ4n) is 4.64. The molecule has 4 aromatic carbocycles. The van der Waals surface area contributed by atoms with Crippen molar-refractivity contribution in [1.82, 2.24) is 10.2 Å². The Morgan fingerprint density at radius 2 is 1.48 bits per heavy atom. The maximum atomic E-state index is 15.2. The fourth-order valence-corrected chi connectivity index (χ4v) is 6.41. The zero-order valence-electron chi connectivity index (χ0n) is 24.0. The van der Waals surface area contributed by atoms with E-state index in [0.29, 0.717) is 23.6 Å². The van der Waals surface area contributed by atoms with Crippen molar-refractivity contribution in [2.24, 2.45) is 0 Å². The van der Waals surface area contributed by atoms with Crippen LogP contribution in [0.3, 0.4) is 0 Å². The number of carbonyl (C=O) groups is 2. The molecule has 0 heterocycles. The van der Waals surface area contributed by atoms with Crippen molar-refractivity contribution in [2.75, 3.05) is 17.4 Å². The zero-order valence-corrected chi connectivity index (χ0v) is 26.3. The van der Waals surface area contributed by atoms with Crippen LogP contribution in [0.4, 0.5) is 10.1 Å². The molecule has 0 aromatic heterocycles. The molecule has 1 N–H and O–H groups in total. The molecule has 0 aliphatic heterocycles. The molecular formula is C33H32Cl2FN3O4S. The van der Waals surface area contributed by atoms with Gasteiger partial charge in [-0.3, -0.25) is 13.9 Å². The van der Waals surface area contributed by atoms with Crippen molar-refractivity contribution >= 4 is 50.7 Å². The van der Waals surface area contributed by atoms with Crippen molar-refractivity contribution in [3.8, 4) is 0 Å². The molecule has 0 aliphatic carbocycles. The number of sulfonamides is 1. The van der Waals surface area contributed by atoms with Gasteiger partial charge in [-0.05, 0) is 53.9 Å². The minimum atomic E-state index is -4.40. The van der Waals surface area contributed by atoms with Crippen molar-refractivity contribution < 1.29 is 22.4 Å². The second-order valence-corrected chi connectivity index (χ2v) is 12.7. The normalized spacial score (nSPS) is 11.9. The van der Waals surface area contributed by atoms with Gasteiger partial charge in [-0.1, -0.05) is 96.9 Å². The Hall–Kier alpha value is -3.92. The van der Waals surface area contributed by atoms with Crippen LogP contribution in [0.15, 0.2) is 108 Å². The predicted molar refractivity (Wildman–Crippen MR) is 172 cm³/mol. The summed E-state index contributed by atoms with van der Waals surface area (Å²) in [5, 5.41) is 3.44. The number of hydrogen-bond donors (Lipinski definition) is 1. The van der Waals surface area contributed by atoms with Crippen LogP contribution >= 0.6 is 23.2 Å². The van der Waals surface area contributed by atoms with E-state index in [-0.39, 0.29) is 28.6 Å². The first-order valence-corrected chi connectivity index (χ1v) is 16.2. The van der Waals surface area contributed by atoms with Gasteiger partial charge in [0.15, 0.2) is 0 Å². The molecule has 230 valence electrons. The highest BCUT2D eigenvalue weighted by molar-refractivity contribution is 7.92. The standard InChI is InChI=1S/C33H32Cl2FN3O4S/c1-2-19-37-33(41)31(21-24-11-5-3-6-12-24)38(22-25-17-18-27(34)28(35)20-25)32(40)23-39(30-16-10-9-15-29(30)36)44(42,43)26-13-7-4-8-14-26/h3-18,20,31H,2,19,21-23H2,1H3,(H,37,41)/t31-/m0/s1. The monoisotopic (exact) mass is 655 g/mol. The van der Waals surface area contributed by atoms with Crippen molar-refractivity contribution in [1.29, 1.82) is 0 Å². The Morgan fingerprint density at radius 1 is 0.841 bits per heavy atom. The quantitative estimate of drug-likeness (QED) is 0.178. The molecular weight excluding hydrogens is 624 g/mol. The third-order valence-corrected chi connectivity index (χ3v) is 9.40. The van der Waals surface area contributed by atoms with Gasteiger partial charge >= 0.3 is 0 Å². The molecule has 4 rings (SSSR count). The van der Waals surface area contributed by atoms with Crippen LogP contribution < -0.4 is 9.62 Å². The highest BCUT2D eigenvalue weighted by Gasteiger charge is 2.35. The Bertz CT molecular complexity index is 1690. The number of halogens is 3. The van der Waals surface area contributed by atoms with E-state index in [4.69, 9.17) is 23.2 Å². The van der Waals surface area contributed by atoms with Crippen molar-refractivity contribution in [3.05, 3.63) is 130 Å². The van der Waals surface area contributed by atoms with Crippen molar-refractivity contribution in [2.45, 2.75) is 37.2 Å². The Balaban J connectivity index is 1.81. The number of hydrogen-bond acceptors (Lipinski definition) is 4. The first-order chi connectivity index (χ1) is 21.1. The van der Waals surface area contributed by atoms with E-state index < -0.39 is 40.2 Å². The van der Waals surface area contributed by atoms with E-state index in [2.05, 4.69) is 5.32 Å². The summed E-state index contributed by atoms with van der Waals surface area (Å²) in [6, 6.07) is 25.8. The molecule has 7 nitrogen and oxygen atoms in total. The summed E-state index contributed by atoms with van der Waals surface area (Å²) in [7, 11) is -4.40. The van der Waals surface area contributed by atoms with Gasteiger partial charge in [0.1, 0.15) is 18.4 Å². The summed E-state index contributed by atoms with van der Waals surface area (Å²) in [5.41, 5.74) is 1.06. The van der Waals surface area contributed by atoms with Crippen LogP contribution in [-0.4, -0.2) is 44.3 Å². The number of anilines is 1. The number of nitrogens with one attached hydrogen (secondary N) is 1. The Labute approximate surface area is 267 Å². The van der Waals surface area contributed by atoms with Crippen LogP contribution in [0.2, 0.25) is 10.0 Å². The zero-order chi connectivity index (χ0) is 31.7. The van der Waals surface area contributed by atoms with Crippen LogP contribution in [0, 0.1) is 5.82 Å². The van der Waals surface area contributed by atoms with Gasteiger partial charge in [-0.25, -0.2) is 12.8 Å². The van der Waals surface area contributed by atoms with Gasteiger partial charge in [-0.15, -0.1) is 0 Å². The fraction of sp³-hybridized carbons (Fsp3) is 0.212. The second-order valence-electron chi connectivity index (χ2n) is 10.0. The maximum Gasteiger partial charge on any atom is 0.264 e. The lowest BCUT2D eigenvalue weighted by molar-refractivity contribution is -0.140. The molecule has 0 unspecified atom stereocenters. The summed E-state index contributed by atoms with van der Waals surface area (Å²) in [6.45, 7) is 1.42. The molecule has 0 aliphatic rings. The largest absolute Gasteiger partial charge is 0.354 e. The van der Waals surface area contributed by atoms with Crippen LogP contribution in [0.25, 0.3) is 0 Å². The number of benzene rings is 4. The van der Waals surface area contributed by atoms with Crippen molar-refractivity contribution in [3.63, 3.8) is 0 Å². The lowest BCUT2D eigenvalue weighted by Crippen LogP contribution is -2.53. The third kappa shape index (κ3) is 8.16. The summed E-state index contributed by atoms with van der Waals surface area (Å²) < 4.78 is 43.7. The second kappa shape index (κ2) is 15.2. The van der Waals surface area contributed by atoms with Crippen LogP contribution in [-0.2, 0) is 32.6 Å². The third-order valence-electron chi connectivity index (χ3n) is 6.89. The van der Waals surface area contributed by atoms with Gasteiger partial charge in [-0.2, -0.15) is 0 Å². The van der Waals surface area contributed by atoms with Gasteiger partial charge in [0.2, 0.25) is 11.8 Å². The Kier molecular flexibility index (Phi) is 11.4. The molecule has 0 spiro atoms. The Morgan fingerprint density at radius 3 is 2.11 bits per heavy atom. The molecule has 11 heteroatoms. The van der Waals surface area contributed by atoms with E-state index in [1.54, 1.807) is 36.4 Å². The summed E-state index contributed by atoms with van der Waals surface area (Å²) >= 11 is 12.4. The van der Waals surface area contributed by atoms with Gasteiger partial charge in [0.25, 0.3) is 10.0 Å². The number of carbonyl (C=O) groups excluding carboxylic acids is 2. The van der Waals surface area contributed by atoms with Crippen LogP contribution in [0.5, 0.6) is 0 Å². The highest BCUT2D eigenvalue weighted by Crippen LogP contribution is 2.28. The predicted octanol–water partition coefficient (Wildman–Crippen LogP) is 6.49.